The van der Waals surface area contributed by atoms with Crippen LogP contribution in [0.2, 0.25) is 0 Å². The highest BCUT2D eigenvalue weighted by molar-refractivity contribution is 7.85. The first-order valence-corrected chi connectivity index (χ1v) is 9.50. The van der Waals surface area contributed by atoms with E-state index in [1.165, 1.54) is 24.4 Å². The first-order chi connectivity index (χ1) is 12.4. The predicted octanol–water partition coefficient (Wildman–Crippen LogP) is -0.226. The summed E-state index contributed by atoms with van der Waals surface area (Å²) in [5.41, 5.74) is 0.0228. The number of benzene rings is 1. The summed E-state index contributed by atoms with van der Waals surface area (Å²) in [6.45, 7) is 5.21. The van der Waals surface area contributed by atoms with Gasteiger partial charge in [-0.25, -0.2) is 0 Å². The van der Waals surface area contributed by atoms with E-state index in [4.69, 9.17) is 9.81 Å². The maximum Gasteiger partial charge on any atom is 0.294 e. The van der Waals surface area contributed by atoms with Gasteiger partial charge in [-0.1, -0.05) is 6.07 Å². The maximum atomic E-state index is 12.1. The summed E-state index contributed by atoms with van der Waals surface area (Å²) in [6, 6.07) is 6.94. The minimum Gasteiger partial charge on any atom is -0.388 e. The summed E-state index contributed by atoms with van der Waals surface area (Å²) in [6.07, 6.45) is 1.34. The Kier molecular flexibility index (Phi) is 7.11. The third-order valence-corrected chi connectivity index (χ3v) is 4.63. The zero-order valence-electron chi connectivity index (χ0n) is 14.1. The van der Waals surface area contributed by atoms with Crippen LogP contribution in [0.5, 0.6) is 0 Å². The van der Waals surface area contributed by atoms with Crippen molar-refractivity contribution < 1.29 is 17.8 Å². The summed E-state index contributed by atoms with van der Waals surface area (Å²) in [4.78, 5) is 14.1. The maximum absolute atomic E-state index is 12.1. The fourth-order valence-electron chi connectivity index (χ4n) is 2.41. The standard InChI is InChI=1S/C16H21N5O4S/c17-11-13(12-19-6-9-21-7-4-18-5-8-21)16(22)20-14-2-1-3-15(10-14)26(23,24)25/h1-3,10,12,18-19H,4-9H2,(H,20,22)(H,23,24,25)/b13-12-. The van der Waals surface area contributed by atoms with E-state index in [1.54, 1.807) is 6.07 Å². The van der Waals surface area contributed by atoms with Gasteiger partial charge in [0.15, 0.2) is 0 Å². The lowest BCUT2D eigenvalue weighted by Gasteiger charge is -2.26. The van der Waals surface area contributed by atoms with Crippen molar-refractivity contribution >= 4 is 21.7 Å². The van der Waals surface area contributed by atoms with Gasteiger partial charge in [0, 0.05) is 51.2 Å². The van der Waals surface area contributed by atoms with E-state index in [1.807, 2.05) is 0 Å². The fraction of sp³-hybridized carbons (Fsp3) is 0.375. The molecule has 9 nitrogen and oxygen atoms in total. The molecule has 26 heavy (non-hydrogen) atoms. The topological polar surface area (TPSA) is 135 Å². The van der Waals surface area contributed by atoms with E-state index >= 15 is 0 Å². The number of hydrogen-bond acceptors (Lipinski definition) is 7. The number of hydrogen-bond donors (Lipinski definition) is 4. The molecule has 0 aliphatic carbocycles. The second kappa shape index (κ2) is 9.30. The van der Waals surface area contributed by atoms with Gasteiger partial charge in [0.25, 0.3) is 16.0 Å². The Labute approximate surface area is 152 Å². The second-order valence-electron chi connectivity index (χ2n) is 5.67. The van der Waals surface area contributed by atoms with Gasteiger partial charge in [-0.05, 0) is 18.2 Å². The number of nitrogens with zero attached hydrogens (tertiary/aromatic N) is 2. The summed E-state index contributed by atoms with van der Waals surface area (Å²) >= 11 is 0. The highest BCUT2D eigenvalue weighted by atomic mass is 32.2. The molecule has 1 saturated heterocycles. The summed E-state index contributed by atoms with van der Waals surface area (Å²) in [7, 11) is -4.37. The number of anilines is 1. The normalized spacial score (nSPS) is 15.9. The number of nitrogens with one attached hydrogen (secondary N) is 3. The number of piperazine rings is 1. The average Bonchev–Trinajstić information content (AvgIpc) is 2.62. The quantitative estimate of drug-likeness (QED) is 0.221. The van der Waals surface area contributed by atoms with Crippen LogP contribution in [0.3, 0.4) is 0 Å². The van der Waals surface area contributed by atoms with Gasteiger partial charge in [0.2, 0.25) is 0 Å². The second-order valence-corrected chi connectivity index (χ2v) is 7.09. The molecule has 0 bridgehead atoms. The number of carbonyl (C=O) groups is 1. The Hall–Kier alpha value is -2.45. The molecule has 0 atom stereocenters. The lowest BCUT2D eigenvalue weighted by Crippen LogP contribution is -2.45. The molecule has 140 valence electrons. The Morgan fingerprint density at radius 2 is 2.12 bits per heavy atom. The number of nitriles is 1. The highest BCUT2D eigenvalue weighted by Crippen LogP contribution is 2.15. The van der Waals surface area contributed by atoms with Crippen molar-refractivity contribution in [3.05, 3.63) is 36.0 Å². The minimum absolute atomic E-state index is 0.137. The predicted molar refractivity (Wildman–Crippen MR) is 95.9 cm³/mol. The third-order valence-electron chi connectivity index (χ3n) is 3.78. The van der Waals surface area contributed by atoms with E-state index in [0.717, 1.165) is 38.8 Å². The van der Waals surface area contributed by atoms with Crippen molar-refractivity contribution in [2.24, 2.45) is 0 Å². The molecule has 1 aliphatic heterocycles. The first-order valence-electron chi connectivity index (χ1n) is 8.06. The molecule has 10 heteroatoms. The monoisotopic (exact) mass is 379 g/mol. The Morgan fingerprint density at radius 1 is 1.38 bits per heavy atom. The van der Waals surface area contributed by atoms with E-state index in [2.05, 4.69) is 20.9 Å². The molecule has 4 N–H and O–H groups in total. The molecular weight excluding hydrogens is 358 g/mol. The molecule has 2 rings (SSSR count). The van der Waals surface area contributed by atoms with Crippen LogP contribution in [0.1, 0.15) is 0 Å². The molecule has 1 aliphatic rings. The molecule has 1 amide bonds. The van der Waals surface area contributed by atoms with Gasteiger partial charge in [0.05, 0.1) is 4.90 Å². The van der Waals surface area contributed by atoms with Gasteiger partial charge in [-0.15, -0.1) is 0 Å². The van der Waals surface area contributed by atoms with Crippen LogP contribution < -0.4 is 16.0 Å². The van der Waals surface area contributed by atoms with Gasteiger partial charge in [-0.3, -0.25) is 14.2 Å². The highest BCUT2D eigenvalue weighted by Gasteiger charge is 2.13. The largest absolute Gasteiger partial charge is 0.388 e. The molecule has 1 heterocycles. The average molecular weight is 379 g/mol. The molecule has 0 unspecified atom stereocenters. The lowest BCUT2D eigenvalue weighted by molar-refractivity contribution is -0.112. The van der Waals surface area contributed by atoms with Crippen LogP contribution in [-0.4, -0.2) is 63.0 Å². The van der Waals surface area contributed by atoms with Crippen LogP contribution >= 0.6 is 0 Å². The summed E-state index contributed by atoms with van der Waals surface area (Å²) < 4.78 is 31.3. The number of rotatable bonds is 7. The van der Waals surface area contributed by atoms with Crippen LogP contribution in [-0.2, 0) is 14.9 Å². The van der Waals surface area contributed by atoms with E-state index in [0.29, 0.717) is 6.54 Å². The molecule has 1 fully saturated rings. The van der Waals surface area contributed by atoms with Crippen LogP contribution in [0.15, 0.2) is 40.9 Å². The van der Waals surface area contributed by atoms with Crippen molar-refractivity contribution in [1.29, 1.82) is 5.26 Å². The fourth-order valence-corrected chi connectivity index (χ4v) is 2.94. The number of carbonyl (C=O) groups excluding carboxylic acids is 1. The summed E-state index contributed by atoms with van der Waals surface area (Å²) in [5.74, 6) is -0.672. The van der Waals surface area contributed by atoms with Crippen molar-refractivity contribution in [3.8, 4) is 6.07 Å². The van der Waals surface area contributed by atoms with E-state index in [9.17, 15) is 13.2 Å². The van der Waals surface area contributed by atoms with E-state index in [-0.39, 0.29) is 16.2 Å². The molecule has 1 aromatic rings. The van der Waals surface area contributed by atoms with Gasteiger partial charge < -0.3 is 16.0 Å². The van der Waals surface area contributed by atoms with Crippen molar-refractivity contribution in [3.63, 3.8) is 0 Å². The van der Waals surface area contributed by atoms with Gasteiger partial charge in [-0.2, -0.15) is 13.7 Å². The first kappa shape index (κ1) is 19.9. The Bertz CT molecular complexity index is 810. The lowest BCUT2D eigenvalue weighted by atomic mass is 10.2. The van der Waals surface area contributed by atoms with E-state index < -0.39 is 16.0 Å². The SMILES string of the molecule is N#C/C(=C/NCCN1CCNCC1)C(=O)Nc1cccc(S(=O)(=O)O)c1. The Morgan fingerprint density at radius 3 is 2.77 bits per heavy atom. The third kappa shape index (κ3) is 6.12. The van der Waals surface area contributed by atoms with Crippen molar-refractivity contribution in [2.45, 2.75) is 4.90 Å². The van der Waals surface area contributed by atoms with Crippen molar-refractivity contribution in [1.82, 2.24) is 15.5 Å². The zero-order chi connectivity index (χ0) is 19.0. The van der Waals surface area contributed by atoms with Crippen molar-refractivity contribution in [2.75, 3.05) is 44.6 Å². The molecular formula is C16H21N5O4S. The van der Waals surface area contributed by atoms with Crippen LogP contribution in [0.25, 0.3) is 0 Å². The summed E-state index contributed by atoms with van der Waals surface area (Å²) in [5, 5.41) is 17.8. The Balaban J connectivity index is 1.90. The molecule has 0 aromatic heterocycles. The molecule has 0 spiro atoms. The zero-order valence-corrected chi connectivity index (χ0v) is 14.9. The van der Waals surface area contributed by atoms with Crippen LogP contribution in [0.4, 0.5) is 5.69 Å². The van der Waals surface area contributed by atoms with Crippen LogP contribution in [0, 0.1) is 11.3 Å². The smallest absolute Gasteiger partial charge is 0.294 e. The molecule has 0 saturated carbocycles. The van der Waals surface area contributed by atoms with Gasteiger partial charge >= 0.3 is 0 Å². The minimum atomic E-state index is -4.37. The van der Waals surface area contributed by atoms with Gasteiger partial charge in [0.1, 0.15) is 11.6 Å². The molecule has 0 radical (unpaired) electrons. The molecule has 1 aromatic carbocycles. The number of amides is 1.